The third-order valence-corrected chi connectivity index (χ3v) is 0.957. The van der Waals surface area contributed by atoms with Gasteiger partial charge in [-0.05, 0) is 0 Å². The topological polar surface area (TPSA) is 24.1 Å². The second kappa shape index (κ2) is 17.0. The first-order chi connectivity index (χ1) is 3.00. The normalized spacial score (nSPS) is 14.4. The van der Waals surface area contributed by atoms with E-state index < -0.39 is 0 Å². The zero-order valence-corrected chi connectivity index (χ0v) is 11.1. The molecule has 6 heteroatoms. The largest absolute Gasteiger partial charge is 3.00 e. The SMILES string of the molecule is C1CNCCN1.[Cl-].[Cl-].[Cl-].[In+3]. The maximum absolute atomic E-state index is 3.22. The van der Waals surface area contributed by atoms with Crippen LogP contribution in [0.25, 0.3) is 0 Å². The van der Waals surface area contributed by atoms with Gasteiger partial charge in [0.1, 0.15) is 0 Å². The molecule has 1 heterocycles. The van der Waals surface area contributed by atoms with Gasteiger partial charge in [0, 0.05) is 26.2 Å². The molecule has 1 saturated heterocycles. The third kappa shape index (κ3) is 12.3. The van der Waals surface area contributed by atoms with Gasteiger partial charge in [0.25, 0.3) is 0 Å². The van der Waals surface area contributed by atoms with Crippen molar-refractivity contribution in [3.63, 3.8) is 0 Å². The van der Waals surface area contributed by atoms with Gasteiger partial charge in [-0.15, -0.1) is 0 Å². The molecule has 2 nitrogen and oxygen atoms in total. The molecule has 0 aromatic rings. The van der Waals surface area contributed by atoms with Gasteiger partial charge in [0.15, 0.2) is 0 Å². The molecule has 1 aliphatic rings. The molecule has 0 aromatic carbocycles. The number of nitrogens with one attached hydrogen (secondary N) is 2. The van der Waals surface area contributed by atoms with Gasteiger partial charge >= 0.3 is 25.8 Å². The monoisotopic (exact) mass is 306 g/mol. The van der Waals surface area contributed by atoms with Crippen molar-refractivity contribution in [1.29, 1.82) is 0 Å². The quantitative estimate of drug-likeness (QED) is 0.464. The summed E-state index contributed by atoms with van der Waals surface area (Å²) in [7, 11) is 0. The van der Waals surface area contributed by atoms with Crippen molar-refractivity contribution >= 4 is 25.8 Å². The summed E-state index contributed by atoms with van der Waals surface area (Å²) in [5, 5.41) is 6.44. The maximum Gasteiger partial charge on any atom is 3.00 e. The van der Waals surface area contributed by atoms with Crippen molar-refractivity contribution in [3.8, 4) is 0 Å². The fourth-order valence-electron chi connectivity index (χ4n) is 0.604. The molecule has 0 unspecified atom stereocenters. The summed E-state index contributed by atoms with van der Waals surface area (Å²) in [6.07, 6.45) is 0. The van der Waals surface area contributed by atoms with Gasteiger partial charge in [-0.2, -0.15) is 0 Å². The van der Waals surface area contributed by atoms with Crippen molar-refractivity contribution < 1.29 is 37.2 Å². The molecule has 0 amide bonds. The van der Waals surface area contributed by atoms with Crippen LogP contribution >= 0.6 is 0 Å². The van der Waals surface area contributed by atoms with Crippen molar-refractivity contribution in [1.82, 2.24) is 10.6 Å². The molecule has 0 bridgehead atoms. The van der Waals surface area contributed by atoms with E-state index in [0.29, 0.717) is 0 Å². The average molecular weight is 307 g/mol. The van der Waals surface area contributed by atoms with Gasteiger partial charge in [-0.3, -0.25) is 0 Å². The third-order valence-electron chi connectivity index (χ3n) is 0.957. The van der Waals surface area contributed by atoms with Crippen LogP contribution in [0.1, 0.15) is 0 Å². The summed E-state index contributed by atoms with van der Waals surface area (Å²) in [6.45, 7) is 4.56. The predicted molar refractivity (Wildman–Crippen MR) is 31.5 cm³/mol. The molecular weight excluding hydrogens is 297 g/mol. The first-order valence-electron chi connectivity index (χ1n) is 2.41. The second-order valence-electron chi connectivity index (χ2n) is 1.50. The standard InChI is InChI=1S/C4H10N2.3ClH.In/c1-2-6-4-3-5-1;;;;/h5-6H,1-4H2;3*1H;/q;;;;+3/p-3. The van der Waals surface area contributed by atoms with E-state index in [1.54, 1.807) is 0 Å². The molecule has 10 heavy (non-hydrogen) atoms. The molecule has 60 valence electrons. The minimum absolute atomic E-state index is 0. The Kier molecular flexibility index (Phi) is 38.3. The van der Waals surface area contributed by atoms with Crippen LogP contribution in [-0.2, 0) is 0 Å². The smallest absolute Gasteiger partial charge is 1.00 e. The Hall–Kier alpha value is 1.66. The Bertz CT molecular complexity index is 34.0. The van der Waals surface area contributed by atoms with E-state index in [1.165, 1.54) is 0 Å². The van der Waals surface area contributed by atoms with E-state index in [-0.39, 0.29) is 63.1 Å². The molecule has 1 fully saturated rings. The van der Waals surface area contributed by atoms with Crippen molar-refractivity contribution in [3.05, 3.63) is 0 Å². The Morgan fingerprint density at radius 3 is 0.900 bits per heavy atom. The maximum atomic E-state index is 3.22. The van der Waals surface area contributed by atoms with Gasteiger partial charge < -0.3 is 47.9 Å². The van der Waals surface area contributed by atoms with E-state index in [1.807, 2.05) is 0 Å². The zero-order chi connectivity index (χ0) is 4.24. The van der Waals surface area contributed by atoms with Crippen molar-refractivity contribution in [2.75, 3.05) is 26.2 Å². The Morgan fingerprint density at radius 2 is 0.800 bits per heavy atom. The van der Waals surface area contributed by atoms with Crippen LogP contribution in [0.3, 0.4) is 0 Å². The Balaban J connectivity index is -0.0000000450. The molecule has 2 N–H and O–H groups in total. The molecular formula is C4H10Cl3InN2. The summed E-state index contributed by atoms with van der Waals surface area (Å²) in [6, 6.07) is 0. The van der Waals surface area contributed by atoms with Crippen LogP contribution in [0, 0.1) is 0 Å². The molecule has 1 aliphatic heterocycles. The van der Waals surface area contributed by atoms with Crippen LogP contribution in [0.15, 0.2) is 0 Å². The molecule has 0 atom stereocenters. The van der Waals surface area contributed by atoms with Gasteiger partial charge in [0.05, 0.1) is 0 Å². The van der Waals surface area contributed by atoms with E-state index in [4.69, 9.17) is 0 Å². The summed E-state index contributed by atoms with van der Waals surface area (Å²) in [5.41, 5.74) is 0. The van der Waals surface area contributed by atoms with E-state index in [9.17, 15) is 0 Å². The second-order valence-corrected chi connectivity index (χ2v) is 1.50. The summed E-state index contributed by atoms with van der Waals surface area (Å²) in [4.78, 5) is 0. The molecule has 0 aromatic heterocycles. The van der Waals surface area contributed by atoms with E-state index in [2.05, 4.69) is 10.6 Å². The number of hydrogen-bond donors (Lipinski definition) is 2. The van der Waals surface area contributed by atoms with Gasteiger partial charge in [-0.1, -0.05) is 0 Å². The first-order valence-corrected chi connectivity index (χ1v) is 2.41. The Morgan fingerprint density at radius 1 is 0.600 bits per heavy atom. The molecule has 0 aliphatic carbocycles. The molecule has 1 rings (SSSR count). The number of halogens is 3. The summed E-state index contributed by atoms with van der Waals surface area (Å²) < 4.78 is 0. The van der Waals surface area contributed by atoms with Crippen LogP contribution in [0.2, 0.25) is 0 Å². The number of piperazine rings is 1. The molecule has 0 spiro atoms. The number of rotatable bonds is 0. The summed E-state index contributed by atoms with van der Waals surface area (Å²) >= 11 is 0. The van der Waals surface area contributed by atoms with Crippen molar-refractivity contribution in [2.24, 2.45) is 0 Å². The predicted octanol–water partition coefficient (Wildman–Crippen LogP) is -10.2. The van der Waals surface area contributed by atoms with Crippen LogP contribution in [0.4, 0.5) is 0 Å². The Labute approximate surface area is 99.3 Å². The zero-order valence-electron chi connectivity index (χ0n) is 5.54. The molecule has 0 saturated carbocycles. The van der Waals surface area contributed by atoms with Crippen LogP contribution < -0.4 is 47.9 Å². The van der Waals surface area contributed by atoms with Crippen molar-refractivity contribution in [2.45, 2.75) is 0 Å². The minimum Gasteiger partial charge on any atom is -1.00 e. The van der Waals surface area contributed by atoms with Gasteiger partial charge in [-0.25, -0.2) is 0 Å². The van der Waals surface area contributed by atoms with E-state index >= 15 is 0 Å². The number of hydrogen-bond acceptors (Lipinski definition) is 2. The fraction of sp³-hybridized carbons (Fsp3) is 1.00. The van der Waals surface area contributed by atoms with Crippen LogP contribution in [0.5, 0.6) is 0 Å². The minimum atomic E-state index is 0. The van der Waals surface area contributed by atoms with Gasteiger partial charge in [0.2, 0.25) is 0 Å². The summed E-state index contributed by atoms with van der Waals surface area (Å²) in [5.74, 6) is 0. The fourth-order valence-corrected chi connectivity index (χ4v) is 0.604. The first kappa shape index (κ1) is 22.6. The van der Waals surface area contributed by atoms with E-state index in [0.717, 1.165) is 26.2 Å². The van der Waals surface area contributed by atoms with Crippen LogP contribution in [-0.4, -0.2) is 52.0 Å². The average Bonchev–Trinajstić information content (AvgIpc) is 1.72. The molecule has 0 radical (unpaired) electrons.